The van der Waals surface area contributed by atoms with Crippen molar-refractivity contribution in [1.82, 2.24) is 5.43 Å². The molecule has 0 aromatic heterocycles. The molecule has 17 heavy (non-hydrogen) atoms. The van der Waals surface area contributed by atoms with E-state index in [1.165, 1.54) is 18.6 Å². The zero-order valence-electron chi connectivity index (χ0n) is 10.7. The zero-order valence-corrected chi connectivity index (χ0v) is 12.4. The van der Waals surface area contributed by atoms with Crippen LogP contribution in [-0.2, 0) is 4.74 Å². The number of hydrogen-bond acceptors (Lipinski definition) is 5. The van der Waals surface area contributed by atoms with Gasteiger partial charge in [0.2, 0.25) is 0 Å². The van der Waals surface area contributed by atoms with Crippen molar-refractivity contribution in [3.63, 3.8) is 0 Å². The van der Waals surface area contributed by atoms with Gasteiger partial charge in [0.05, 0.1) is 6.61 Å². The molecule has 0 spiro atoms. The molecule has 2 aliphatic rings. The average Bonchev–Trinajstić information content (AvgIpc) is 2.36. The summed E-state index contributed by atoms with van der Waals surface area (Å²) in [5.41, 5.74) is 3.06. The minimum atomic E-state index is 0.405. The lowest BCUT2D eigenvalue weighted by Gasteiger charge is -2.40. The molecule has 3 N–H and O–H groups in total. The van der Waals surface area contributed by atoms with E-state index in [2.05, 4.69) is 42.8 Å². The van der Waals surface area contributed by atoms with Crippen LogP contribution < -0.4 is 11.3 Å². The van der Waals surface area contributed by atoms with Crippen LogP contribution in [0.25, 0.3) is 0 Å². The van der Waals surface area contributed by atoms with Gasteiger partial charge in [0, 0.05) is 40.1 Å². The van der Waals surface area contributed by atoms with Crippen LogP contribution in [0, 0.1) is 5.92 Å². The van der Waals surface area contributed by atoms with Gasteiger partial charge in [-0.15, -0.1) is 0 Å². The number of nitrogens with one attached hydrogen (secondary N) is 1. The average molecular weight is 276 g/mol. The Bertz CT molecular complexity index is 237. The summed E-state index contributed by atoms with van der Waals surface area (Å²) in [4.78, 5) is 0. The van der Waals surface area contributed by atoms with Gasteiger partial charge in [-0.25, -0.2) is 0 Å². The minimum absolute atomic E-state index is 0.405. The summed E-state index contributed by atoms with van der Waals surface area (Å²) in [5, 5.41) is 2.11. The number of nitrogens with two attached hydrogens (primary N) is 1. The summed E-state index contributed by atoms with van der Waals surface area (Å²) >= 11 is 4.19. The number of hydrazine groups is 1. The van der Waals surface area contributed by atoms with Crippen molar-refractivity contribution in [3.05, 3.63) is 0 Å². The molecular formula is C12H24N2OS2. The Labute approximate surface area is 113 Å². The fourth-order valence-electron chi connectivity index (χ4n) is 2.59. The predicted octanol–water partition coefficient (Wildman–Crippen LogP) is 1.87. The van der Waals surface area contributed by atoms with Crippen molar-refractivity contribution in [1.29, 1.82) is 0 Å². The highest BCUT2D eigenvalue weighted by Crippen LogP contribution is 2.39. The lowest BCUT2D eigenvalue weighted by atomic mass is 9.92. The molecule has 2 rings (SSSR count). The van der Waals surface area contributed by atoms with Gasteiger partial charge in [-0.2, -0.15) is 23.5 Å². The van der Waals surface area contributed by atoms with Crippen molar-refractivity contribution in [3.8, 4) is 0 Å². The number of ether oxygens (including phenoxy) is 1. The Morgan fingerprint density at radius 3 is 2.76 bits per heavy atom. The molecule has 2 aliphatic heterocycles. The largest absolute Gasteiger partial charge is 0.381 e. The van der Waals surface area contributed by atoms with Crippen LogP contribution in [0.1, 0.15) is 26.7 Å². The highest BCUT2D eigenvalue weighted by molar-refractivity contribution is 8.07. The summed E-state index contributed by atoms with van der Waals surface area (Å²) in [7, 11) is 0. The number of hydrogen-bond donors (Lipinski definition) is 2. The first-order chi connectivity index (χ1) is 8.22. The van der Waals surface area contributed by atoms with E-state index in [0.29, 0.717) is 17.2 Å². The Balaban J connectivity index is 1.93. The van der Waals surface area contributed by atoms with Gasteiger partial charge in [-0.1, -0.05) is 13.8 Å². The molecule has 5 atom stereocenters. The van der Waals surface area contributed by atoms with Crippen LogP contribution in [0.3, 0.4) is 0 Å². The molecule has 2 saturated heterocycles. The summed E-state index contributed by atoms with van der Waals surface area (Å²) in [5.74, 6) is 7.59. The molecule has 3 nitrogen and oxygen atoms in total. The molecule has 5 unspecified atom stereocenters. The molecule has 100 valence electrons. The molecule has 0 bridgehead atoms. The maximum atomic E-state index is 5.79. The second-order valence-electron chi connectivity index (χ2n) is 5.09. The van der Waals surface area contributed by atoms with E-state index >= 15 is 0 Å². The van der Waals surface area contributed by atoms with Gasteiger partial charge in [0.1, 0.15) is 0 Å². The van der Waals surface area contributed by atoms with E-state index in [1.807, 2.05) is 0 Å². The van der Waals surface area contributed by atoms with Gasteiger partial charge in [-0.05, 0) is 12.8 Å². The quantitative estimate of drug-likeness (QED) is 0.609. The van der Waals surface area contributed by atoms with Crippen LogP contribution >= 0.6 is 23.5 Å². The normalized spacial score (nSPS) is 41.1. The first kappa shape index (κ1) is 14.0. The van der Waals surface area contributed by atoms with Crippen LogP contribution in [0.2, 0.25) is 0 Å². The van der Waals surface area contributed by atoms with E-state index < -0.39 is 0 Å². The molecule has 5 heteroatoms. The van der Waals surface area contributed by atoms with Crippen molar-refractivity contribution in [2.45, 2.75) is 48.5 Å². The maximum absolute atomic E-state index is 5.79. The molecule has 2 fully saturated rings. The fourth-order valence-corrected chi connectivity index (χ4v) is 5.78. The third kappa shape index (κ3) is 3.53. The first-order valence-electron chi connectivity index (χ1n) is 6.53. The minimum Gasteiger partial charge on any atom is -0.381 e. The fraction of sp³-hybridized carbons (Fsp3) is 1.00. The molecule has 0 saturated carbocycles. The van der Waals surface area contributed by atoms with E-state index in [4.69, 9.17) is 10.6 Å². The standard InChI is InChI=1S/C12H24N2OS2/c1-8-9(2)17-11(7-16-8)12(14-13)10-4-3-5-15-6-10/h8-12,14H,3-7,13H2,1-2H3. The van der Waals surface area contributed by atoms with Gasteiger partial charge < -0.3 is 4.74 Å². The summed E-state index contributed by atoms with van der Waals surface area (Å²) < 4.78 is 5.59. The second-order valence-corrected chi connectivity index (χ2v) is 8.12. The van der Waals surface area contributed by atoms with E-state index in [9.17, 15) is 0 Å². The third-order valence-electron chi connectivity index (χ3n) is 3.87. The Kier molecular flexibility index (Phi) is 5.49. The van der Waals surface area contributed by atoms with Crippen molar-refractivity contribution in [2.24, 2.45) is 11.8 Å². The van der Waals surface area contributed by atoms with E-state index in [-0.39, 0.29) is 0 Å². The van der Waals surface area contributed by atoms with Crippen molar-refractivity contribution >= 4 is 23.5 Å². The predicted molar refractivity (Wildman–Crippen MR) is 77.4 cm³/mol. The smallest absolute Gasteiger partial charge is 0.0510 e. The lowest BCUT2D eigenvalue weighted by molar-refractivity contribution is 0.0396. The van der Waals surface area contributed by atoms with Crippen LogP contribution in [0.15, 0.2) is 0 Å². The van der Waals surface area contributed by atoms with E-state index in [1.54, 1.807) is 0 Å². The molecule has 0 aliphatic carbocycles. The SMILES string of the molecule is CC1SCC(C(NN)C2CCCOC2)SC1C. The summed E-state index contributed by atoms with van der Waals surface area (Å²) in [6.07, 6.45) is 2.43. The van der Waals surface area contributed by atoms with Crippen LogP contribution in [0.5, 0.6) is 0 Å². The second kappa shape index (κ2) is 6.66. The zero-order chi connectivity index (χ0) is 12.3. The molecule has 0 aromatic carbocycles. The lowest BCUT2D eigenvalue weighted by Crippen LogP contribution is -2.52. The molecule has 0 radical (unpaired) electrons. The third-order valence-corrected chi connectivity index (χ3v) is 7.39. The Morgan fingerprint density at radius 2 is 2.18 bits per heavy atom. The van der Waals surface area contributed by atoms with Gasteiger partial charge in [0.15, 0.2) is 0 Å². The maximum Gasteiger partial charge on any atom is 0.0510 e. The van der Waals surface area contributed by atoms with Gasteiger partial charge in [-0.3, -0.25) is 11.3 Å². The number of thioether (sulfide) groups is 2. The summed E-state index contributed by atoms with van der Waals surface area (Å²) in [6, 6.07) is 0.405. The van der Waals surface area contributed by atoms with E-state index in [0.717, 1.165) is 23.7 Å². The summed E-state index contributed by atoms with van der Waals surface area (Å²) in [6.45, 7) is 6.46. The van der Waals surface area contributed by atoms with Gasteiger partial charge >= 0.3 is 0 Å². The molecular weight excluding hydrogens is 252 g/mol. The topological polar surface area (TPSA) is 47.3 Å². The highest BCUT2D eigenvalue weighted by Gasteiger charge is 2.35. The van der Waals surface area contributed by atoms with Crippen molar-refractivity contribution < 1.29 is 4.74 Å². The van der Waals surface area contributed by atoms with Crippen LogP contribution in [-0.4, -0.2) is 40.8 Å². The van der Waals surface area contributed by atoms with Gasteiger partial charge in [0.25, 0.3) is 0 Å². The molecule has 0 aromatic rings. The molecule has 2 heterocycles. The number of rotatable bonds is 3. The monoisotopic (exact) mass is 276 g/mol. The Hall–Kier alpha value is 0.580. The highest BCUT2D eigenvalue weighted by atomic mass is 32.2. The Morgan fingerprint density at radius 1 is 1.35 bits per heavy atom. The van der Waals surface area contributed by atoms with Crippen molar-refractivity contribution in [2.75, 3.05) is 19.0 Å². The van der Waals surface area contributed by atoms with Crippen LogP contribution in [0.4, 0.5) is 0 Å². The molecule has 0 amide bonds. The first-order valence-corrected chi connectivity index (χ1v) is 8.52.